The highest BCUT2D eigenvalue weighted by molar-refractivity contribution is 5.69. The zero-order valence-electron chi connectivity index (χ0n) is 7.99. The largest absolute Gasteiger partial charge is 0.507 e. The molecule has 2 aromatic rings. The van der Waals surface area contributed by atoms with E-state index in [4.69, 9.17) is 0 Å². The third-order valence-corrected chi connectivity index (χ3v) is 2.20. The Hall–Kier alpha value is -1.76. The number of rotatable bonds is 1. The van der Waals surface area contributed by atoms with Gasteiger partial charge in [0.2, 0.25) is 0 Å². The Morgan fingerprint density at radius 3 is 2.43 bits per heavy atom. The zero-order valence-corrected chi connectivity index (χ0v) is 7.99. The fraction of sp³-hybridized carbons (Fsp3) is 0.0769. The molecule has 2 rings (SSSR count). The average Bonchev–Trinajstić information content (AvgIpc) is 2.20. The summed E-state index contributed by atoms with van der Waals surface area (Å²) in [6.45, 7) is 2.04. The van der Waals surface area contributed by atoms with E-state index in [0.29, 0.717) is 5.75 Å². The minimum Gasteiger partial charge on any atom is -0.507 e. The molecule has 2 aromatic carbocycles. The maximum atomic E-state index is 9.61. The van der Waals surface area contributed by atoms with E-state index < -0.39 is 0 Å². The first kappa shape index (κ1) is 8.82. The Kier molecular flexibility index (Phi) is 2.23. The molecule has 0 heterocycles. The van der Waals surface area contributed by atoms with Gasteiger partial charge in [0.05, 0.1) is 0 Å². The van der Waals surface area contributed by atoms with Crippen LogP contribution in [0.1, 0.15) is 5.56 Å². The van der Waals surface area contributed by atoms with E-state index in [0.717, 1.165) is 11.1 Å². The van der Waals surface area contributed by atoms with E-state index in [-0.39, 0.29) is 0 Å². The highest BCUT2D eigenvalue weighted by Gasteiger charge is 2.01. The second-order valence-electron chi connectivity index (χ2n) is 3.31. The maximum absolute atomic E-state index is 9.61. The molecule has 0 saturated heterocycles. The van der Waals surface area contributed by atoms with Crippen LogP contribution in [0.15, 0.2) is 42.5 Å². The highest BCUT2D eigenvalue weighted by atomic mass is 16.3. The first-order valence-electron chi connectivity index (χ1n) is 4.53. The smallest absolute Gasteiger partial charge is 0.123 e. The molecule has 0 bridgehead atoms. The summed E-state index contributed by atoms with van der Waals surface area (Å²) in [5.41, 5.74) is 3.06. The number of phenolic OH excluding ortho intramolecular Hbond substituents is 1. The lowest BCUT2D eigenvalue weighted by Crippen LogP contribution is -1.79. The predicted molar refractivity (Wildman–Crippen MR) is 57.1 cm³/mol. The minimum atomic E-state index is 0.299. The third kappa shape index (κ3) is 1.62. The van der Waals surface area contributed by atoms with Crippen molar-refractivity contribution in [1.29, 1.82) is 0 Å². The van der Waals surface area contributed by atoms with Crippen LogP contribution in [0.3, 0.4) is 0 Å². The van der Waals surface area contributed by atoms with Gasteiger partial charge in [0, 0.05) is 5.56 Å². The summed E-state index contributed by atoms with van der Waals surface area (Å²) in [5.74, 6) is 0.299. The number of aromatic hydroxyl groups is 1. The highest BCUT2D eigenvalue weighted by Crippen LogP contribution is 2.28. The lowest BCUT2D eigenvalue weighted by molar-refractivity contribution is 0.477. The number of benzene rings is 2. The van der Waals surface area contributed by atoms with Crippen molar-refractivity contribution >= 4 is 0 Å². The van der Waals surface area contributed by atoms with Crippen LogP contribution in [-0.2, 0) is 0 Å². The SMILES string of the molecule is Cc1ccc(-c2c[c]ccc2O)cc1. The number of hydrogen-bond donors (Lipinski definition) is 1. The minimum absolute atomic E-state index is 0.299. The lowest BCUT2D eigenvalue weighted by Gasteiger charge is -2.03. The van der Waals surface area contributed by atoms with Crippen LogP contribution >= 0.6 is 0 Å². The molecule has 0 aromatic heterocycles. The van der Waals surface area contributed by atoms with Gasteiger partial charge in [-0.05, 0) is 30.7 Å². The number of hydrogen-bond acceptors (Lipinski definition) is 1. The molecule has 0 atom stereocenters. The second kappa shape index (κ2) is 3.54. The van der Waals surface area contributed by atoms with Gasteiger partial charge in [0.15, 0.2) is 0 Å². The van der Waals surface area contributed by atoms with E-state index in [1.165, 1.54) is 5.56 Å². The van der Waals surface area contributed by atoms with Gasteiger partial charge >= 0.3 is 0 Å². The van der Waals surface area contributed by atoms with E-state index in [2.05, 4.69) is 6.07 Å². The summed E-state index contributed by atoms with van der Waals surface area (Å²) in [4.78, 5) is 0. The molecule has 14 heavy (non-hydrogen) atoms. The van der Waals surface area contributed by atoms with Crippen molar-refractivity contribution < 1.29 is 5.11 Å². The molecule has 69 valence electrons. The summed E-state index contributed by atoms with van der Waals surface area (Å²) < 4.78 is 0. The van der Waals surface area contributed by atoms with Gasteiger partial charge in [-0.25, -0.2) is 0 Å². The Morgan fingerprint density at radius 2 is 1.79 bits per heavy atom. The van der Waals surface area contributed by atoms with Gasteiger partial charge < -0.3 is 5.11 Å². The van der Waals surface area contributed by atoms with Crippen molar-refractivity contribution in [2.45, 2.75) is 6.92 Å². The fourth-order valence-electron chi connectivity index (χ4n) is 1.39. The quantitative estimate of drug-likeness (QED) is 0.720. The summed E-state index contributed by atoms with van der Waals surface area (Å²) in [5, 5.41) is 9.61. The normalized spacial score (nSPS) is 10.1. The standard InChI is InChI=1S/C13H11O/c1-10-6-8-11(9-7-10)12-4-2-3-5-13(12)14/h3-9,14H,1H3. The number of phenols is 1. The molecule has 0 unspecified atom stereocenters. The molecule has 0 spiro atoms. The van der Waals surface area contributed by atoms with Crippen molar-refractivity contribution in [2.24, 2.45) is 0 Å². The molecule has 0 amide bonds. The molecule has 0 aliphatic carbocycles. The van der Waals surface area contributed by atoms with Gasteiger partial charge in [-0.15, -0.1) is 0 Å². The molecule has 0 saturated carbocycles. The van der Waals surface area contributed by atoms with Crippen molar-refractivity contribution in [3.63, 3.8) is 0 Å². The Labute approximate surface area is 83.6 Å². The summed E-state index contributed by atoms with van der Waals surface area (Å²) in [7, 11) is 0. The molecule has 1 N–H and O–H groups in total. The Morgan fingerprint density at radius 1 is 1.07 bits per heavy atom. The second-order valence-corrected chi connectivity index (χ2v) is 3.31. The first-order valence-corrected chi connectivity index (χ1v) is 4.53. The van der Waals surface area contributed by atoms with Crippen LogP contribution in [0.5, 0.6) is 5.75 Å². The van der Waals surface area contributed by atoms with Crippen molar-refractivity contribution in [3.05, 3.63) is 54.1 Å². The summed E-state index contributed by atoms with van der Waals surface area (Å²) in [6, 6.07) is 16.2. The summed E-state index contributed by atoms with van der Waals surface area (Å²) in [6.07, 6.45) is 0. The van der Waals surface area contributed by atoms with Crippen LogP contribution in [0.2, 0.25) is 0 Å². The van der Waals surface area contributed by atoms with E-state index in [1.54, 1.807) is 18.2 Å². The van der Waals surface area contributed by atoms with E-state index in [1.807, 2.05) is 31.2 Å². The predicted octanol–water partition coefficient (Wildman–Crippen LogP) is 3.17. The maximum Gasteiger partial charge on any atom is 0.123 e. The summed E-state index contributed by atoms with van der Waals surface area (Å²) >= 11 is 0. The van der Waals surface area contributed by atoms with Crippen molar-refractivity contribution in [1.82, 2.24) is 0 Å². The van der Waals surface area contributed by atoms with E-state index >= 15 is 0 Å². The Balaban J connectivity index is 2.50. The van der Waals surface area contributed by atoms with Crippen LogP contribution in [0.4, 0.5) is 0 Å². The van der Waals surface area contributed by atoms with Gasteiger partial charge in [0.25, 0.3) is 0 Å². The topological polar surface area (TPSA) is 20.2 Å². The fourth-order valence-corrected chi connectivity index (χ4v) is 1.39. The van der Waals surface area contributed by atoms with E-state index in [9.17, 15) is 5.11 Å². The molecule has 1 heteroatoms. The molecule has 0 aliphatic rings. The lowest BCUT2D eigenvalue weighted by atomic mass is 10.0. The van der Waals surface area contributed by atoms with Gasteiger partial charge in [-0.3, -0.25) is 0 Å². The van der Waals surface area contributed by atoms with Crippen molar-refractivity contribution in [2.75, 3.05) is 0 Å². The first-order chi connectivity index (χ1) is 6.77. The average molecular weight is 183 g/mol. The molecular formula is C13H11O. The van der Waals surface area contributed by atoms with Gasteiger partial charge in [-0.1, -0.05) is 35.9 Å². The van der Waals surface area contributed by atoms with Crippen LogP contribution in [0.25, 0.3) is 11.1 Å². The molecule has 1 radical (unpaired) electrons. The third-order valence-electron chi connectivity index (χ3n) is 2.20. The Bertz CT molecular complexity index is 429. The monoisotopic (exact) mass is 183 g/mol. The molecular weight excluding hydrogens is 172 g/mol. The molecule has 0 fully saturated rings. The van der Waals surface area contributed by atoms with Crippen molar-refractivity contribution in [3.8, 4) is 16.9 Å². The zero-order chi connectivity index (χ0) is 9.97. The van der Waals surface area contributed by atoms with Crippen LogP contribution in [0, 0.1) is 13.0 Å². The number of aryl methyl sites for hydroxylation is 1. The molecule has 1 nitrogen and oxygen atoms in total. The van der Waals surface area contributed by atoms with Gasteiger partial charge in [-0.2, -0.15) is 0 Å². The molecule has 0 aliphatic heterocycles. The van der Waals surface area contributed by atoms with Crippen LogP contribution in [-0.4, -0.2) is 5.11 Å². The van der Waals surface area contributed by atoms with Gasteiger partial charge in [0.1, 0.15) is 5.75 Å². The van der Waals surface area contributed by atoms with Crippen LogP contribution < -0.4 is 0 Å².